The Morgan fingerprint density at radius 3 is 2.55 bits per heavy atom. The normalized spacial score (nSPS) is 20.8. The first-order valence-electron chi connectivity index (χ1n) is 7.88. The predicted molar refractivity (Wildman–Crippen MR) is 81.7 cm³/mol. The number of amides is 1. The summed E-state index contributed by atoms with van der Waals surface area (Å²) in [5, 5.41) is 0. The van der Waals surface area contributed by atoms with Crippen molar-refractivity contribution in [3.63, 3.8) is 0 Å². The SMILES string of the molecule is Cc1s/c(=N\C(=O)CC2CCCC2)n(CC2CC2)c1C. The van der Waals surface area contributed by atoms with E-state index in [0.717, 1.165) is 17.3 Å². The number of aromatic nitrogens is 1. The van der Waals surface area contributed by atoms with Crippen molar-refractivity contribution >= 4 is 17.2 Å². The molecule has 0 aromatic carbocycles. The minimum Gasteiger partial charge on any atom is -0.320 e. The number of rotatable bonds is 4. The van der Waals surface area contributed by atoms with Gasteiger partial charge in [0, 0.05) is 23.5 Å². The summed E-state index contributed by atoms with van der Waals surface area (Å²) >= 11 is 1.67. The summed E-state index contributed by atoms with van der Waals surface area (Å²) in [5.74, 6) is 1.49. The van der Waals surface area contributed by atoms with E-state index in [9.17, 15) is 4.79 Å². The lowest BCUT2D eigenvalue weighted by molar-refractivity contribution is -0.118. The molecule has 0 aliphatic heterocycles. The third-order valence-corrected chi connectivity index (χ3v) is 5.78. The van der Waals surface area contributed by atoms with Gasteiger partial charge in [-0.05, 0) is 51.4 Å². The molecule has 0 atom stereocenters. The van der Waals surface area contributed by atoms with Crippen molar-refractivity contribution in [3.8, 4) is 0 Å². The Balaban J connectivity index is 1.78. The van der Waals surface area contributed by atoms with Crippen LogP contribution in [0.5, 0.6) is 0 Å². The van der Waals surface area contributed by atoms with Gasteiger partial charge in [0.1, 0.15) is 0 Å². The van der Waals surface area contributed by atoms with Crippen LogP contribution >= 0.6 is 11.3 Å². The summed E-state index contributed by atoms with van der Waals surface area (Å²) in [7, 11) is 0. The van der Waals surface area contributed by atoms with E-state index in [-0.39, 0.29) is 5.91 Å². The van der Waals surface area contributed by atoms with E-state index in [1.165, 1.54) is 49.1 Å². The van der Waals surface area contributed by atoms with Gasteiger partial charge < -0.3 is 4.57 Å². The topological polar surface area (TPSA) is 34.4 Å². The maximum absolute atomic E-state index is 12.2. The van der Waals surface area contributed by atoms with Crippen LogP contribution in [0.2, 0.25) is 0 Å². The number of hydrogen-bond acceptors (Lipinski definition) is 2. The average molecular weight is 292 g/mol. The third kappa shape index (κ3) is 3.22. The van der Waals surface area contributed by atoms with Crippen molar-refractivity contribution < 1.29 is 4.79 Å². The molecule has 20 heavy (non-hydrogen) atoms. The van der Waals surface area contributed by atoms with Gasteiger partial charge in [-0.2, -0.15) is 4.99 Å². The number of nitrogens with zero attached hydrogens (tertiary/aromatic N) is 2. The Bertz CT molecular complexity index is 560. The quantitative estimate of drug-likeness (QED) is 0.835. The molecule has 2 aliphatic rings. The lowest BCUT2D eigenvalue weighted by atomic mass is 10.0. The van der Waals surface area contributed by atoms with Crippen molar-refractivity contribution in [2.45, 2.75) is 65.3 Å². The van der Waals surface area contributed by atoms with Gasteiger partial charge in [-0.25, -0.2) is 0 Å². The van der Waals surface area contributed by atoms with E-state index in [1.807, 2.05) is 0 Å². The predicted octanol–water partition coefficient (Wildman–Crippen LogP) is 3.58. The molecule has 0 spiro atoms. The molecule has 1 amide bonds. The molecule has 1 heterocycles. The van der Waals surface area contributed by atoms with Crippen LogP contribution < -0.4 is 4.80 Å². The van der Waals surface area contributed by atoms with Crippen molar-refractivity contribution in [1.82, 2.24) is 4.57 Å². The Morgan fingerprint density at radius 2 is 1.90 bits per heavy atom. The van der Waals surface area contributed by atoms with Gasteiger partial charge in [0.25, 0.3) is 0 Å². The molecule has 1 aromatic rings. The molecule has 0 N–H and O–H groups in total. The molecule has 4 heteroatoms. The van der Waals surface area contributed by atoms with Gasteiger partial charge >= 0.3 is 0 Å². The monoisotopic (exact) mass is 292 g/mol. The molecule has 2 saturated carbocycles. The summed E-state index contributed by atoms with van der Waals surface area (Å²) in [6.07, 6.45) is 8.32. The van der Waals surface area contributed by atoms with Crippen LogP contribution in [0, 0.1) is 25.7 Å². The van der Waals surface area contributed by atoms with Gasteiger partial charge in [-0.1, -0.05) is 12.8 Å². The number of carbonyl (C=O) groups is 1. The molecule has 2 aliphatic carbocycles. The molecule has 3 nitrogen and oxygen atoms in total. The summed E-state index contributed by atoms with van der Waals surface area (Å²) in [5.41, 5.74) is 1.29. The maximum atomic E-state index is 12.2. The highest BCUT2D eigenvalue weighted by Crippen LogP contribution is 2.31. The number of aryl methyl sites for hydroxylation is 1. The summed E-state index contributed by atoms with van der Waals surface area (Å²) in [6, 6.07) is 0. The molecule has 0 bridgehead atoms. The smallest absolute Gasteiger partial charge is 0.248 e. The van der Waals surface area contributed by atoms with Crippen molar-refractivity contribution in [3.05, 3.63) is 15.4 Å². The summed E-state index contributed by atoms with van der Waals surface area (Å²) < 4.78 is 2.27. The molecule has 2 fully saturated rings. The van der Waals surface area contributed by atoms with Gasteiger partial charge in [0.2, 0.25) is 5.91 Å². The first-order valence-corrected chi connectivity index (χ1v) is 8.69. The van der Waals surface area contributed by atoms with E-state index < -0.39 is 0 Å². The van der Waals surface area contributed by atoms with Crippen LogP contribution in [0.1, 0.15) is 55.5 Å². The summed E-state index contributed by atoms with van der Waals surface area (Å²) in [6.45, 7) is 5.32. The van der Waals surface area contributed by atoms with Gasteiger partial charge in [-0.15, -0.1) is 11.3 Å². The van der Waals surface area contributed by atoms with Crippen LogP contribution in [0.15, 0.2) is 4.99 Å². The zero-order valence-corrected chi connectivity index (χ0v) is 13.3. The van der Waals surface area contributed by atoms with Crippen molar-refractivity contribution in [2.24, 2.45) is 16.8 Å². The number of hydrogen-bond donors (Lipinski definition) is 0. The number of thiazole rings is 1. The second-order valence-electron chi connectivity index (χ2n) is 6.44. The first-order chi connectivity index (χ1) is 9.63. The van der Waals surface area contributed by atoms with Crippen LogP contribution in [-0.4, -0.2) is 10.5 Å². The zero-order valence-electron chi connectivity index (χ0n) is 12.5. The molecule has 3 rings (SSSR count). The zero-order chi connectivity index (χ0) is 14.1. The highest BCUT2D eigenvalue weighted by atomic mass is 32.1. The second kappa shape index (κ2) is 5.84. The third-order valence-electron chi connectivity index (χ3n) is 4.69. The van der Waals surface area contributed by atoms with E-state index in [4.69, 9.17) is 0 Å². The highest BCUT2D eigenvalue weighted by molar-refractivity contribution is 7.09. The number of carbonyl (C=O) groups excluding carboxylic acids is 1. The molecule has 1 aromatic heterocycles. The van der Waals surface area contributed by atoms with Crippen LogP contribution in [0.3, 0.4) is 0 Å². The molecule has 110 valence electrons. The van der Waals surface area contributed by atoms with E-state index >= 15 is 0 Å². The fraction of sp³-hybridized carbons (Fsp3) is 0.750. The minimum absolute atomic E-state index is 0.0858. The minimum atomic E-state index is 0.0858. The van der Waals surface area contributed by atoms with Crippen molar-refractivity contribution in [1.29, 1.82) is 0 Å². The van der Waals surface area contributed by atoms with E-state index in [1.54, 1.807) is 11.3 Å². The lowest BCUT2D eigenvalue weighted by Crippen LogP contribution is -2.19. The molecular weight excluding hydrogens is 268 g/mol. The average Bonchev–Trinajstić information content (AvgIpc) is 3.02. The van der Waals surface area contributed by atoms with Gasteiger partial charge in [0.15, 0.2) is 4.80 Å². The molecular formula is C16H24N2OS. The highest BCUT2D eigenvalue weighted by Gasteiger charge is 2.24. The van der Waals surface area contributed by atoms with E-state index in [2.05, 4.69) is 23.4 Å². The molecule has 0 unspecified atom stereocenters. The Morgan fingerprint density at radius 1 is 1.20 bits per heavy atom. The molecule has 0 radical (unpaired) electrons. The lowest BCUT2D eigenvalue weighted by Gasteiger charge is -2.06. The first kappa shape index (κ1) is 14.1. The Kier molecular flexibility index (Phi) is 4.11. The fourth-order valence-corrected chi connectivity index (χ4v) is 4.07. The van der Waals surface area contributed by atoms with Gasteiger partial charge in [0.05, 0.1) is 0 Å². The fourth-order valence-electron chi connectivity index (χ4n) is 3.07. The van der Waals surface area contributed by atoms with Crippen LogP contribution in [0.4, 0.5) is 0 Å². The van der Waals surface area contributed by atoms with Crippen LogP contribution in [-0.2, 0) is 11.3 Å². The largest absolute Gasteiger partial charge is 0.320 e. The summed E-state index contributed by atoms with van der Waals surface area (Å²) in [4.78, 5) is 18.8. The van der Waals surface area contributed by atoms with E-state index in [0.29, 0.717) is 12.3 Å². The molecule has 0 saturated heterocycles. The van der Waals surface area contributed by atoms with Crippen LogP contribution in [0.25, 0.3) is 0 Å². The van der Waals surface area contributed by atoms with Gasteiger partial charge in [-0.3, -0.25) is 4.79 Å². The Hall–Kier alpha value is -0.900. The van der Waals surface area contributed by atoms with Crippen molar-refractivity contribution in [2.75, 3.05) is 0 Å². The Labute approximate surface area is 124 Å². The standard InChI is InChI=1S/C16H24N2OS/c1-11-12(2)20-16(18(11)10-14-7-8-14)17-15(19)9-13-5-3-4-6-13/h13-14H,3-10H2,1-2H3/b17-16-. The maximum Gasteiger partial charge on any atom is 0.248 e. The second-order valence-corrected chi connectivity index (χ2v) is 7.62.